The largest absolute Gasteiger partial charge is 0.496 e. The Morgan fingerprint density at radius 3 is 2.52 bits per heavy atom. The number of benzene rings is 1. The first-order chi connectivity index (χ1) is 10.1. The molecule has 120 valence electrons. The molecule has 0 bridgehead atoms. The topological polar surface area (TPSA) is 24.5 Å². The molecule has 0 aliphatic carbocycles. The van der Waals surface area contributed by atoms with Gasteiger partial charge in [-0.25, -0.2) is 0 Å². The Bertz CT molecular complexity index is 395. The van der Waals surface area contributed by atoms with Crippen LogP contribution in [0.4, 0.5) is 0 Å². The molecule has 1 rings (SSSR count). The second-order valence-corrected chi connectivity index (χ2v) is 5.83. The van der Waals surface area contributed by atoms with E-state index < -0.39 is 0 Å². The van der Waals surface area contributed by atoms with Gasteiger partial charge >= 0.3 is 0 Å². The van der Waals surface area contributed by atoms with Crippen LogP contribution >= 0.6 is 0 Å². The summed E-state index contributed by atoms with van der Waals surface area (Å²) in [6.45, 7) is 8.79. The summed E-state index contributed by atoms with van der Waals surface area (Å²) in [5.41, 5.74) is 1.25. The minimum absolute atomic E-state index is 0.311. The highest BCUT2D eigenvalue weighted by Crippen LogP contribution is 2.26. The van der Waals surface area contributed by atoms with Crippen molar-refractivity contribution in [3.05, 3.63) is 29.8 Å². The zero-order chi connectivity index (χ0) is 15.7. The van der Waals surface area contributed by atoms with Crippen molar-refractivity contribution in [1.29, 1.82) is 0 Å². The lowest BCUT2D eigenvalue weighted by atomic mass is 10.0. The molecule has 1 aromatic carbocycles. The van der Waals surface area contributed by atoms with Gasteiger partial charge in [0.1, 0.15) is 5.75 Å². The monoisotopic (exact) mass is 292 g/mol. The molecule has 0 saturated heterocycles. The summed E-state index contributed by atoms with van der Waals surface area (Å²) in [6.07, 6.45) is 3.61. The van der Waals surface area contributed by atoms with Crippen LogP contribution in [0.15, 0.2) is 24.3 Å². The highest BCUT2D eigenvalue weighted by Gasteiger charge is 2.19. The number of likely N-dealkylation sites (N-methyl/N-ethyl adjacent to an activating group) is 1. The predicted octanol–water partition coefficient (Wildman–Crippen LogP) is 3.86. The molecule has 3 nitrogen and oxygen atoms in total. The van der Waals surface area contributed by atoms with Gasteiger partial charge in [-0.3, -0.25) is 0 Å². The normalized spacial score (nSPS) is 14.2. The molecule has 0 spiro atoms. The maximum atomic E-state index is 5.54. The molecule has 21 heavy (non-hydrogen) atoms. The van der Waals surface area contributed by atoms with Crippen LogP contribution in [0.1, 0.15) is 51.6 Å². The number of ether oxygens (including phenoxy) is 1. The summed E-state index contributed by atoms with van der Waals surface area (Å²) in [6, 6.07) is 9.26. The lowest BCUT2D eigenvalue weighted by Gasteiger charge is -2.30. The van der Waals surface area contributed by atoms with E-state index in [1.165, 1.54) is 18.4 Å². The Morgan fingerprint density at radius 2 is 1.90 bits per heavy atom. The summed E-state index contributed by atoms with van der Waals surface area (Å²) in [4.78, 5) is 2.45. The molecule has 0 heterocycles. The van der Waals surface area contributed by atoms with Gasteiger partial charge in [0.25, 0.3) is 0 Å². The molecule has 0 aromatic heterocycles. The fourth-order valence-corrected chi connectivity index (χ4v) is 2.65. The van der Waals surface area contributed by atoms with Gasteiger partial charge in [-0.1, -0.05) is 38.5 Å². The van der Waals surface area contributed by atoms with Crippen LogP contribution in [0.5, 0.6) is 5.75 Å². The smallest absolute Gasteiger partial charge is 0.123 e. The summed E-state index contributed by atoms with van der Waals surface area (Å²) < 4.78 is 5.54. The summed E-state index contributed by atoms with van der Waals surface area (Å²) in [5, 5.41) is 3.67. The molecule has 0 radical (unpaired) electrons. The van der Waals surface area contributed by atoms with Crippen LogP contribution in [0, 0.1) is 0 Å². The number of methoxy groups -OCH3 is 1. The quantitative estimate of drug-likeness (QED) is 0.709. The van der Waals surface area contributed by atoms with Gasteiger partial charge < -0.3 is 15.0 Å². The van der Waals surface area contributed by atoms with Crippen LogP contribution in [-0.2, 0) is 0 Å². The number of rotatable bonds is 10. The second kappa shape index (κ2) is 9.80. The number of hydrogen-bond donors (Lipinski definition) is 1. The summed E-state index contributed by atoms with van der Waals surface area (Å²) in [7, 11) is 3.97. The van der Waals surface area contributed by atoms with Crippen LogP contribution in [0.25, 0.3) is 0 Å². The SMILES string of the molecule is CCCNC(CN(C)C(C)CCC)c1ccccc1OC. The zero-order valence-electron chi connectivity index (χ0n) is 14.4. The van der Waals surface area contributed by atoms with E-state index in [1.807, 2.05) is 12.1 Å². The van der Waals surface area contributed by atoms with Gasteiger partial charge in [-0.15, -0.1) is 0 Å². The van der Waals surface area contributed by atoms with Crippen molar-refractivity contribution in [1.82, 2.24) is 10.2 Å². The number of nitrogens with one attached hydrogen (secondary N) is 1. The minimum Gasteiger partial charge on any atom is -0.496 e. The molecule has 1 N–H and O–H groups in total. The van der Waals surface area contributed by atoms with Gasteiger partial charge in [0, 0.05) is 24.2 Å². The molecule has 0 aliphatic heterocycles. The highest BCUT2D eigenvalue weighted by atomic mass is 16.5. The molecule has 1 aromatic rings. The van der Waals surface area contributed by atoms with Gasteiger partial charge in [0.15, 0.2) is 0 Å². The third kappa shape index (κ3) is 5.68. The Kier molecular flexibility index (Phi) is 8.40. The lowest BCUT2D eigenvalue weighted by molar-refractivity contribution is 0.217. The highest BCUT2D eigenvalue weighted by molar-refractivity contribution is 5.36. The number of para-hydroxylation sites is 1. The van der Waals surface area contributed by atoms with Crippen molar-refractivity contribution >= 4 is 0 Å². The summed E-state index contributed by atoms with van der Waals surface area (Å²) in [5.74, 6) is 0.975. The first-order valence-corrected chi connectivity index (χ1v) is 8.20. The molecule has 0 fully saturated rings. The fourth-order valence-electron chi connectivity index (χ4n) is 2.65. The number of nitrogens with zero attached hydrogens (tertiary/aromatic N) is 1. The molecule has 2 atom stereocenters. The van der Waals surface area contributed by atoms with Crippen molar-refractivity contribution in [2.45, 2.75) is 52.1 Å². The average Bonchev–Trinajstić information content (AvgIpc) is 2.51. The van der Waals surface area contributed by atoms with E-state index >= 15 is 0 Å². The van der Waals surface area contributed by atoms with Crippen LogP contribution < -0.4 is 10.1 Å². The van der Waals surface area contributed by atoms with Crippen molar-refractivity contribution in [3.63, 3.8) is 0 Å². The van der Waals surface area contributed by atoms with Crippen molar-refractivity contribution in [2.24, 2.45) is 0 Å². The third-order valence-electron chi connectivity index (χ3n) is 4.08. The maximum absolute atomic E-state index is 5.54. The molecule has 2 unspecified atom stereocenters. The predicted molar refractivity (Wildman–Crippen MR) is 91.0 cm³/mol. The molecular weight excluding hydrogens is 260 g/mol. The van der Waals surface area contributed by atoms with E-state index in [2.05, 4.69) is 50.2 Å². The van der Waals surface area contributed by atoms with E-state index in [-0.39, 0.29) is 0 Å². The van der Waals surface area contributed by atoms with Crippen molar-refractivity contribution in [3.8, 4) is 5.75 Å². The molecule has 3 heteroatoms. The van der Waals surface area contributed by atoms with Crippen LogP contribution in [0.3, 0.4) is 0 Å². The Hall–Kier alpha value is -1.06. The Balaban J connectivity index is 2.84. The van der Waals surface area contributed by atoms with E-state index in [0.29, 0.717) is 12.1 Å². The second-order valence-electron chi connectivity index (χ2n) is 5.83. The molecule has 0 amide bonds. The Labute approximate surface area is 130 Å². The van der Waals surface area contributed by atoms with E-state index in [0.717, 1.165) is 25.3 Å². The zero-order valence-corrected chi connectivity index (χ0v) is 14.4. The van der Waals surface area contributed by atoms with Gasteiger partial charge in [-0.05, 0) is 39.4 Å². The first-order valence-electron chi connectivity index (χ1n) is 8.20. The van der Waals surface area contributed by atoms with Gasteiger partial charge in [-0.2, -0.15) is 0 Å². The molecular formula is C18H32N2O. The van der Waals surface area contributed by atoms with Crippen LogP contribution in [-0.4, -0.2) is 38.2 Å². The molecule has 0 saturated carbocycles. The average molecular weight is 292 g/mol. The number of hydrogen-bond acceptors (Lipinski definition) is 3. The Morgan fingerprint density at radius 1 is 1.19 bits per heavy atom. The van der Waals surface area contributed by atoms with Crippen molar-refractivity contribution in [2.75, 3.05) is 27.2 Å². The van der Waals surface area contributed by atoms with E-state index in [4.69, 9.17) is 4.74 Å². The van der Waals surface area contributed by atoms with Gasteiger partial charge in [0.05, 0.1) is 7.11 Å². The van der Waals surface area contributed by atoms with Crippen molar-refractivity contribution < 1.29 is 4.74 Å². The maximum Gasteiger partial charge on any atom is 0.123 e. The van der Waals surface area contributed by atoms with Gasteiger partial charge in [0.2, 0.25) is 0 Å². The minimum atomic E-state index is 0.311. The molecule has 0 aliphatic rings. The lowest BCUT2D eigenvalue weighted by Crippen LogP contribution is -2.38. The standard InChI is InChI=1S/C18H32N2O/c1-6-10-15(3)20(4)14-17(19-13-7-2)16-11-8-9-12-18(16)21-5/h8-9,11-12,15,17,19H,6-7,10,13-14H2,1-5H3. The third-order valence-corrected chi connectivity index (χ3v) is 4.08. The summed E-state index contributed by atoms with van der Waals surface area (Å²) >= 11 is 0. The van der Waals surface area contributed by atoms with E-state index in [9.17, 15) is 0 Å². The first kappa shape index (κ1) is 18.0. The van der Waals surface area contributed by atoms with Crippen LogP contribution in [0.2, 0.25) is 0 Å². The fraction of sp³-hybridized carbons (Fsp3) is 0.667. The van der Waals surface area contributed by atoms with E-state index in [1.54, 1.807) is 7.11 Å².